The summed E-state index contributed by atoms with van der Waals surface area (Å²) in [5.41, 5.74) is 0.596. The first kappa shape index (κ1) is 16.4. The van der Waals surface area contributed by atoms with Crippen LogP contribution in [0.1, 0.15) is 13.3 Å². The minimum Gasteiger partial charge on any atom is -0.393 e. The van der Waals surface area contributed by atoms with Gasteiger partial charge in [0.2, 0.25) is 5.91 Å². The Hall–Kier alpha value is -0.620. The number of aliphatic hydroxyl groups is 1. The van der Waals surface area contributed by atoms with Crippen LogP contribution in [0.15, 0.2) is 22.7 Å². The number of likely N-dealkylation sites (N-methyl/N-ethyl adjacent to an activating group) is 1. The van der Waals surface area contributed by atoms with Crippen molar-refractivity contribution in [2.45, 2.75) is 19.4 Å². The average molecular weight is 350 g/mol. The quantitative estimate of drug-likeness (QED) is 0.830. The number of nitrogens with one attached hydrogen (secondary N) is 1. The van der Waals surface area contributed by atoms with Gasteiger partial charge in [-0.2, -0.15) is 0 Å². The lowest BCUT2D eigenvalue weighted by atomic mass is 10.2. The molecule has 1 aromatic carbocycles. The Morgan fingerprint density at radius 1 is 1.58 bits per heavy atom. The van der Waals surface area contributed by atoms with Gasteiger partial charge < -0.3 is 10.4 Å². The Morgan fingerprint density at radius 2 is 2.26 bits per heavy atom. The number of hydrogen-bond acceptors (Lipinski definition) is 3. The van der Waals surface area contributed by atoms with Crippen molar-refractivity contribution in [3.63, 3.8) is 0 Å². The number of carbonyl (C=O) groups excluding carboxylic acids is 1. The van der Waals surface area contributed by atoms with Crippen molar-refractivity contribution in [3.05, 3.63) is 27.7 Å². The second-order valence-corrected chi connectivity index (χ2v) is 5.87. The van der Waals surface area contributed by atoms with Gasteiger partial charge in [-0.3, -0.25) is 9.69 Å². The first-order chi connectivity index (χ1) is 8.88. The molecule has 2 N–H and O–H groups in total. The van der Waals surface area contributed by atoms with Crippen molar-refractivity contribution in [2.75, 3.05) is 25.5 Å². The lowest BCUT2D eigenvalue weighted by molar-refractivity contribution is -0.117. The Bertz CT molecular complexity index is 441. The number of nitrogens with zero attached hydrogens (tertiary/aromatic N) is 1. The molecule has 0 saturated heterocycles. The Morgan fingerprint density at radius 3 is 2.84 bits per heavy atom. The van der Waals surface area contributed by atoms with Crippen LogP contribution in [-0.2, 0) is 4.79 Å². The molecular formula is C13H18BrClN2O2. The van der Waals surface area contributed by atoms with Gasteiger partial charge in [-0.15, -0.1) is 0 Å². The van der Waals surface area contributed by atoms with Gasteiger partial charge in [-0.1, -0.05) is 27.5 Å². The summed E-state index contributed by atoms with van der Waals surface area (Å²) in [5.74, 6) is -0.127. The molecule has 106 valence electrons. The van der Waals surface area contributed by atoms with Crippen molar-refractivity contribution < 1.29 is 9.90 Å². The van der Waals surface area contributed by atoms with Crippen LogP contribution < -0.4 is 5.32 Å². The third kappa shape index (κ3) is 6.38. The number of anilines is 1. The first-order valence-corrected chi connectivity index (χ1v) is 7.17. The molecule has 0 radical (unpaired) electrons. The Balaban J connectivity index is 2.46. The lowest BCUT2D eigenvalue weighted by Gasteiger charge is -2.17. The van der Waals surface area contributed by atoms with E-state index >= 15 is 0 Å². The van der Waals surface area contributed by atoms with Crippen molar-refractivity contribution >= 4 is 39.1 Å². The zero-order valence-electron chi connectivity index (χ0n) is 11.0. The Labute approximate surface area is 126 Å². The fourth-order valence-electron chi connectivity index (χ4n) is 1.51. The second kappa shape index (κ2) is 7.85. The maximum Gasteiger partial charge on any atom is 0.238 e. The van der Waals surface area contributed by atoms with Crippen LogP contribution in [-0.4, -0.2) is 42.2 Å². The SMILES string of the molecule is CC(O)CCN(C)CC(=O)Nc1ccc(Br)cc1Cl. The smallest absolute Gasteiger partial charge is 0.238 e. The van der Waals surface area contributed by atoms with Crippen molar-refractivity contribution in [1.82, 2.24) is 4.90 Å². The standard InChI is InChI=1S/C13H18BrClN2O2/c1-9(18)5-6-17(2)8-13(19)16-12-4-3-10(14)7-11(12)15/h3-4,7,9,18H,5-6,8H2,1-2H3,(H,16,19). The topological polar surface area (TPSA) is 52.6 Å². The molecule has 0 aliphatic heterocycles. The first-order valence-electron chi connectivity index (χ1n) is 6.00. The summed E-state index contributed by atoms with van der Waals surface area (Å²) in [6.45, 7) is 2.66. The monoisotopic (exact) mass is 348 g/mol. The largest absolute Gasteiger partial charge is 0.393 e. The zero-order chi connectivity index (χ0) is 14.4. The van der Waals surface area contributed by atoms with Crippen LogP contribution in [0.4, 0.5) is 5.69 Å². The highest BCUT2D eigenvalue weighted by atomic mass is 79.9. The molecule has 0 saturated carbocycles. The van der Waals surface area contributed by atoms with Crippen LogP contribution in [0.25, 0.3) is 0 Å². The zero-order valence-corrected chi connectivity index (χ0v) is 13.3. The lowest BCUT2D eigenvalue weighted by Crippen LogP contribution is -2.32. The van der Waals surface area contributed by atoms with Crippen LogP contribution in [0.2, 0.25) is 5.02 Å². The van der Waals surface area contributed by atoms with Gasteiger partial charge in [-0.05, 0) is 38.6 Å². The molecule has 1 unspecified atom stereocenters. The summed E-state index contributed by atoms with van der Waals surface area (Å²) in [6.07, 6.45) is 0.287. The summed E-state index contributed by atoms with van der Waals surface area (Å²) >= 11 is 9.33. The van der Waals surface area contributed by atoms with E-state index in [1.54, 1.807) is 19.1 Å². The highest BCUT2D eigenvalue weighted by Gasteiger charge is 2.09. The van der Waals surface area contributed by atoms with E-state index in [1.165, 1.54) is 0 Å². The number of amides is 1. The van der Waals surface area contributed by atoms with Gasteiger partial charge in [0.25, 0.3) is 0 Å². The van der Waals surface area contributed by atoms with Crippen molar-refractivity contribution in [1.29, 1.82) is 0 Å². The molecule has 0 aliphatic carbocycles. The molecule has 1 aromatic rings. The highest BCUT2D eigenvalue weighted by Crippen LogP contribution is 2.25. The molecular weight excluding hydrogens is 332 g/mol. The van der Waals surface area contributed by atoms with Crippen LogP contribution in [0, 0.1) is 0 Å². The van der Waals surface area contributed by atoms with Crippen LogP contribution >= 0.6 is 27.5 Å². The second-order valence-electron chi connectivity index (χ2n) is 4.55. The molecule has 1 amide bonds. The van der Waals surface area contributed by atoms with Gasteiger partial charge in [0, 0.05) is 11.0 Å². The molecule has 0 aromatic heterocycles. The van der Waals surface area contributed by atoms with E-state index in [0.717, 1.165) is 4.47 Å². The molecule has 4 nitrogen and oxygen atoms in total. The summed E-state index contributed by atoms with van der Waals surface area (Å²) in [5, 5.41) is 12.4. The van der Waals surface area contributed by atoms with Gasteiger partial charge in [0.1, 0.15) is 0 Å². The van der Waals surface area contributed by atoms with E-state index in [4.69, 9.17) is 11.6 Å². The molecule has 6 heteroatoms. The minimum absolute atomic E-state index is 0.127. The molecule has 1 rings (SSSR count). The van der Waals surface area contributed by atoms with E-state index in [2.05, 4.69) is 21.2 Å². The summed E-state index contributed by atoms with van der Waals surface area (Å²) in [7, 11) is 1.84. The van der Waals surface area contributed by atoms with Crippen LogP contribution in [0.3, 0.4) is 0 Å². The number of benzene rings is 1. The number of rotatable bonds is 6. The van der Waals surface area contributed by atoms with Gasteiger partial charge in [-0.25, -0.2) is 0 Å². The normalized spacial score (nSPS) is 12.5. The number of halogens is 2. The Kier molecular flexibility index (Phi) is 6.79. The molecule has 0 bridgehead atoms. The molecule has 0 heterocycles. The maximum absolute atomic E-state index is 11.8. The third-order valence-corrected chi connectivity index (χ3v) is 3.35. The predicted molar refractivity (Wildman–Crippen MR) is 81.6 cm³/mol. The highest BCUT2D eigenvalue weighted by molar-refractivity contribution is 9.10. The number of carbonyl (C=O) groups is 1. The van der Waals surface area contributed by atoms with E-state index < -0.39 is 0 Å². The fraction of sp³-hybridized carbons (Fsp3) is 0.462. The van der Waals surface area contributed by atoms with Gasteiger partial charge in [0.15, 0.2) is 0 Å². The van der Waals surface area contributed by atoms with Gasteiger partial charge >= 0.3 is 0 Å². The van der Waals surface area contributed by atoms with Crippen molar-refractivity contribution in [2.24, 2.45) is 0 Å². The van der Waals surface area contributed by atoms with E-state index in [0.29, 0.717) is 23.7 Å². The fourth-order valence-corrected chi connectivity index (χ4v) is 2.23. The molecule has 19 heavy (non-hydrogen) atoms. The molecule has 1 atom stereocenters. The number of hydrogen-bond donors (Lipinski definition) is 2. The molecule has 0 spiro atoms. The maximum atomic E-state index is 11.8. The van der Waals surface area contributed by atoms with Gasteiger partial charge in [0.05, 0.1) is 23.4 Å². The summed E-state index contributed by atoms with van der Waals surface area (Å²) in [6, 6.07) is 5.30. The number of aliphatic hydroxyl groups excluding tert-OH is 1. The minimum atomic E-state index is -0.355. The summed E-state index contributed by atoms with van der Waals surface area (Å²) in [4.78, 5) is 13.7. The predicted octanol–water partition coefficient (Wildman–Crippen LogP) is 2.74. The van der Waals surface area contributed by atoms with Crippen molar-refractivity contribution in [3.8, 4) is 0 Å². The molecule has 0 aliphatic rings. The van der Waals surface area contributed by atoms with E-state index in [9.17, 15) is 9.90 Å². The third-order valence-electron chi connectivity index (χ3n) is 2.55. The average Bonchev–Trinajstić information content (AvgIpc) is 2.30. The van der Waals surface area contributed by atoms with E-state index in [-0.39, 0.29) is 18.6 Å². The molecule has 0 fully saturated rings. The summed E-state index contributed by atoms with van der Waals surface area (Å²) < 4.78 is 0.865. The van der Waals surface area contributed by atoms with Crippen LogP contribution in [0.5, 0.6) is 0 Å². The van der Waals surface area contributed by atoms with E-state index in [1.807, 2.05) is 18.0 Å².